The second kappa shape index (κ2) is 3.96. The number of nitrogens with zero attached hydrogens (tertiary/aromatic N) is 1. The van der Waals surface area contributed by atoms with Crippen molar-refractivity contribution in [3.63, 3.8) is 0 Å². The van der Waals surface area contributed by atoms with E-state index in [4.69, 9.17) is 0 Å². The van der Waals surface area contributed by atoms with Gasteiger partial charge in [-0.1, -0.05) is 0 Å². The van der Waals surface area contributed by atoms with E-state index in [-0.39, 0.29) is 24.3 Å². The summed E-state index contributed by atoms with van der Waals surface area (Å²) in [5.41, 5.74) is 0. The first-order chi connectivity index (χ1) is 6.77. The van der Waals surface area contributed by atoms with Crippen LogP contribution < -0.4 is 10.6 Å². The van der Waals surface area contributed by atoms with E-state index in [1.165, 1.54) is 0 Å². The number of hydrogen-bond donors (Lipinski definition) is 2. The molecular formula is C9H15N3O2. The molecule has 0 spiro atoms. The molecule has 78 valence electrons. The molecule has 0 bridgehead atoms. The van der Waals surface area contributed by atoms with Crippen LogP contribution in [0.1, 0.15) is 6.42 Å². The molecule has 2 aliphatic rings. The quantitative estimate of drug-likeness (QED) is 0.541. The minimum atomic E-state index is -0.0388. The molecule has 0 saturated carbocycles. The summed E-state index contributed by atoms with van der Waals surface area (Å²) in [7, 11) is 0. The van der Waals surface area contributed by atoms with E-state index < -0.39 is 0 Å². The zero-order valence-corrected chi connectivity index (χ0v) is 8.08. The largest absolute Gasteiger partial charge is 0.354 e. The SMILES string of the molecule is O=C1CN(C(=O)C2CNC2)CCCN1. The van der Waals surface area contributed by atoms with Gasteiger partial charge in [0.05, 0.1) is 12.5 Å². The van der Waals surface area contributed by atoms with Gasteiger partial charge in [-0.2, -0.15) is 0 Å². The average Bonchev–Trinajstić information content (AvgIpc) is 2.26. The second-order valence-electron chi connectivity index (χ2n) is 3.82. The molecule has 5 heteroatoms. The Labute approximate surface area is 82.8 Å². The molecule has 2 aliphatic heterocycles. The lowest BCUT2D eigenvalue weighted by molar-refractivity contribution is -0.140. The van der Waals surface area contributed by atoms with Crippen LogP contribution in [0.3, 0.4) is 0 Å². The Morgan fingerprint density at radius 1 is 1.43 bits per heavy atom. The van der Waals surface area contributed by atoms with Gasteiger partial charge in [0, 0.05) is 26.2 Å². The summed E-state index contributed by atoms with van der Waals surface area (Å²) in [5, 5.41) is 5.82. The van der Waals surface area contributed by atoms with Crippen LogP contribution in [0.5, 0.6) is 0 Å². The number of hydrogen-bond acceptors (Lipinski definition) is 3. The Bertz CT molecular complexity index is 250. The van der Waals surface area contributed by atoms with Gasteiger partial charge in [0.15, 0.2) is 0 Å². The van der Waals surface area contributed by atoms with Gasteiger partial charge in [-0.3, -0.25) is 9.59 Å². The van der Waals surface area contributed by atoms with Gasteiger partial charge in [0.2, 0.25) is 11.8 Å². The molecule has 2 N–H and O–H groups in total. The first-order valence-electron chi connectivity index (χ1n) is 5.03. The third-order valence-corrected chi connectivity index (χ3v) is 2.70. The van der Waals surface area contributed by atoms with Crippen LogP contribution in [0.25, 0.3) is 0 Å². The molecule has 0 aromatic carbocycles. The number of carbonyl (C=O) groups excluding carboxylic acids is 2. The predicted molar refractivity (Wildman–Crippen MR) is 50.6 cm³/mol. The number of carbonyl (C=O) groups is 2. The van der Waals surface area contributed by atoms with Crippen molar-refractivity contribution in [1.82, 2.24) is 15.5 Å². The third kappa shape index (κ3) is 1.87. The van der Waals surface area contributed by atoms with E-state index in [0.717, 1.165) is 19.5 Å². The molecule has 2 fully saturated rings. The van der Waals surface area contributed by atoms with E-state index in [0.29, 0.717) is 13.1 Å². The summed E-state index contributed by atoms with van der Waals surface area (Å²) in [6.45, 7) is 3.14. The van der Waals surface area contributed by atoms with Crippen molar-refractivity contribution in [1.29, 1.82) is 0 Å². The molecule has 2 heterocycles. The zero-order valence-electron chi connectivity index (χ0n) is 8.08. The van der Waals surface area contributed by atoms with Crippen LogP contribution >= 0.6 is 0 Å². The maximum Gasteiger partial charge on any atom is 0.239 e. The Kier molecular flexibility index (Phi) is 2.67. The summed E-state index contributed by atoms with van der Waals surface area (Å²) < 4.78 is 0. The molecular weight excluding hydrogens is 182 g/mol. The molecule has 2 rings (SSSR count). The first-order valence-corrected chi connectivity index (χ1v) is 5.03. The van der Waals surface area contributed by atoms with Crippen molar-refractivity contribution in [2.75, 3.05) is 32.7 Å². The Balaban J connectivity index is 1.93. The van der Waals surface area contributed by atoms with Crippen LogP contribution in [0.4, 0.5) is 0 Å². The Morgan fingerprint density at radius 3 is 2.86 bits per heavy atom. The van der Waals surface area contributed by atoms with Crippen LogP contribution in [0, 0.1) is 5.92 Å². The van der Waals surface area contributed by atoms with Crippen molar-refractivity contribution < 1.29 is 9.59 Å². The molecule has 0 aromatic rings. The highest BCUT2D eigenvalue weighted by molar-refractivity contribution is 5.86. The molecule has 0 atom stereocenters. The van der Waals surface area contributed by atoms with Crippen molar-refractivity contribution >= 4 is 11.8 Å². The van der Waals surface area contributed by atoms with Gasteiger partial charge in [-0.15, -0.1) is 0 Å². The highest BCUT2D eigenvalue weighted by Gasteiger charge is 2.30. The topological polar surface area (TPSA) is 61.4 Å². The summed E-state index contributed by atoms with van der Waals surface area (Å²) >= 11 is 0. The normalized spacial score (nSPS) is 23.7. The van der Waals surface area contributed by atoms with Gasteiger partial charge in [-0.05, 0) is 6.42 Å². The van der Waals surface area contributed by atoms with Gasteiger partial charge < -0.3 is 15.5 Å². The van der Waals surface area contributed by atoms with Gasteiger partial charge in [0.25, 0.3) is 0 Å². The highest BCUT2D eigenvalue weighted by atomic mass is 16.2. The van der Waals surface area contributed by atoms with E-state index in [9.17, 15) is 9.59 Å². The second-order valence-corrected chi connectivity index (χ2v) is 3.82. The maximum atomic E-state index is 11.8. The molecule has 0 aromatic heterocycles. The van der Waals surface area contributed by atoms with Gasteiger partial charge in [0.1, 0.15) is 0 Å². The minimum absolute atomic E-state index is 0.0388. The molecule has 0 radical (unpaired) electrons. The zero-order chi connectivity index (χ0) is 9.97. The number of rotatable bonds is 1. The monoisotopic (exact) mass is 197 g/mol. The molecule has 5 nitrogen and oxygen atoms in total. The predicted octanol–water partition coefficient (Wildman–Crippen LogP) is -1.45. The van der Waals surface area contributed by atoms with Crippen molar-refractivity contribution in [2.45, 2.75) is 6.42 Å². The maximum absolute atomic E-state index is 11.8. The fourth-order valence-corrected chi connectivity index (χ4v) is 1.72. The Hall–Kier alpha value is -1.10. The minimum Gasteiger partial charge on any atom is -0.354 e. The first kappa shape index (κ1) is 9.45. The fourth-order valence-electron chi connectivity index (χ4n) is 1.72. The third-order valence-electron chi connectivity index (χ3n) is 2.70. The summed E-state index contributed by atoms with van der Waals surface area (Å²) in [5.74, 6) is 0.185. The van der Waals surface area contributed by atoms with E-state index >= 15 is 0 Å². The molecule has 14 heavy (non-hydrogen) atoms. The molecule has 2 saturated heterocycles. The van der Waals surface area contributed by atoms with Crippen molar-refractivity contribution in [2.24, 2.45) is 5.92 Å². The Morgan fingerprint density at radius 2 is 2.21 bits per heavy atom. The van der Waals surface area contributed by atoms with Crippen molar-refractivity contribution in [3.05, 3.63) is 0 Å². The van der Waals surface area contributed by atoms with E-state index in [2.05, 4.69) is 10.6 Å². The molecule has 0 unspecified atom stereocenters. The summed E-state index contributed by atoms with van der Waals surface area (Å²) in [4.78, 5) is 24.7. The lowest BCUT2D eigenvalue weighted by atomic mass is 10.0. The summed E-state index contributed by atoms with van der Waals surface area (Å²) in [6, 6.07) is 0. The highest BCUT2D eigenvalue weighted by Crippen LogP contribution is 2.09. The molecule has 0 aliphatic carbocycles. The van der Waals surface area contributed by atoms with Gasteiger partial charge in [-0.25, -0.2) is 0 Å². The lowest BCUT2D eigenvalue weighted by Gasteiger charge is -2.31. The lowest BCUT2D eigenvalue weighted by Crippen LogP contribution is -2.53. The average molecular weight is 197 g/mol. The fraction of sp³-hybridized carbons (Fsp3) is 0.778. The standard InChI is InChI=1S/C9H15N3O2/c13-8-6-12(3-1-2-11-8)9(14)7-4-10-5-7/h7,10H,1-6H2,(H,11,13). The molecule has 2 amide bonds. The van der Waals surface area contributed by atoms with Crippen LogP contribution in [0.15, 0.2) is 0 Å². The van der Waals surface area contributed by atoms with E-state index in [1.807, 2.05) is 0 Å². The van der Waals surface area contributed by atoms with Crippen LogP contribution in [-0.4, -0.2) is 49.4 Å². The number of amides is 2. The van der Waals surface area contributed by atoms with Crippen molar-refractivity contribution in [3.8, 4) is 0 Å². The van der Waals surface area contributed by atoms with Crippen LogP contribution in [0.2, 0.25) is 0 Å². The smallest absolute Gasteiger partial charge is 0.239 e. The van der Waals surface area contributed by atoms with Gasteiger partial charge >= 0.3 is 0 Å². The van der Waals surface area contributed by atoms with Crippen LogP contribution in [-0.2, 0) is 9.59 Å². The summed E-state index contributed by atoms with van der Waals surface area (Å²) in [6.07, 6.45) is 0.859. The number of nitrogens with one attached hydrogen (secondary N) is 2. The van der Waals surface area contributed by atoms with E-state index in [1.54, 1.807) is 4.90 Å².